The zero-order chi connectivity index (χ0) is 25.3. The minimum atomic E-state index is -0.552. The molecule has 0 unspecified atom stereocenters. The van der Waals surface area contributed by atoms with Gasteiger partial charge in [0.1, 0.15) is 10.4 Å². The maximum atomic E-state index is 13.0. The van der Waals surface area contributed by atoms with E-state index in [-0.39, 0.29) is 17.0 Å². The van der Waals surface area contributed by atoms with Crippen molar-refractivity contribution in [3.05, 3.63) is 96.0 Å². The molecule has 8 nitrogen and oxygen atoms in total. The maximum absolute atomic E-state index is 13.0. The maximum Gasteiger partial charge on any atom is 0.269 e. The van der Waals surface area contributed by atoms with Gasteiger partial charge < -0.3 is 4.57 Å². The van der Waals surface area contributed by atoms with E-state index in [1.165, 1.54) is 34.1 Å². The molecule has 0 saturated heterocycles. The van der Waals surface area contributed by atoms with Crippen molar-refractivity contribution in [2.45, 2.75) is 20.8 Å². The third kappa shape index (κ3) is 5.04. The van der Waals surface area contributed by atoms with Crippen LogP contribution in [0.3, 0.4) is 0 Å². The van der Waals surface area contributed by atoms with E-state index < -0.39 is 10.3 Å². The fraction of sp³-hybridized carbons (Fsp3) is 0.192. The molecule has 35 heavy (non-hydrogen) atoms. The zero-order valence-electron chi connectivity index (χ0n) is 19.8. The molecule has 0 fully saturated rings. The summed E-state index contributed by atoms with van der Waals surface area (Å²) in [6.07, 6.45) is 5.07. The number of hydrogen-bond acceptors (Lipinski definition) is 6. The van der Waals surface area contributed by atoms with Crippen molar-refractivity contribution in [1.29, 1.82) is 0 Å². The van der Waals surface area contributed by atoms with Crippen molar-refractivity contribution in [2.24, 2.45) is 12.5 Å². The summed E-state index contributed by atoms with van der Waals surface area (Å²) in [6, 6.07) is 15.7. The lowest BCUT2D eigenvalue weighted by molar-refractivity contribution is -0.384. The van der Waals surface area contributed by atoms with Crippen LogP contribution in [0.2, 0.25) is 0 Å². The van der Waals surface area contributed by atoms with Crippen LogP contribution < -0.4 is 14.8 Å². The van der Waals surface area contributed by atoms with Crippen molar-refractivity contribution in [2.75, 3.05) is 0 Å². The number of carbonyl (C=O) groups excluding carboxylic acids is 1. The summed E-state index contributed by atoms with van der Waals surface area (Å²) in [6.45, 7) is 5.50. The number of carbonyl (C=O) groups is 1. The number of nitrogens with zero attached hydrogens (tertiary/aromatic N) is 4. The van der Waals surface area contributed by atoms with Crippen molar-refractivity contribution in [3.8, 4) is 16.9 Å². The molecule has 0 aliphatic carbocycles. The summed E-state index contributed by atoms with van der Waals surface area (Å²) >= 11 is 1.23. The van der Waals surface area contributed by atoms with Gasteiger partial charge in [0.05, 0.1) is 15.1 Å². The Morgan fingerprint density at radius 1 is 1.09 bits per heavy atom. The van der Waals surface area contributed by atoms with Crippen molar-refractivity contribution in [1.82, 2.24) is 14.3 Å². The van der Waals surface area contributed by atoms with Gasteiger partial charge in [-0.2, -0.15) is 5.10 Å². The highest BCUT2D eigenvalue weighted by atomic mass is 32.1. The summed E-state index contributed by atoms with van der Waals surface area (Å²) in [5, 5.41) is 15.8. The molecule has 0 aliphatic rings. The van der Waals surface area contributed by atoms with Crippen molar-refractivity contribution < 1.29 is 9.72 Å². The molecule has 2 aromatic carbocycles. The summed E-state index contributed by atoms with van der Waals surface area (Å²) in [5.41, 5.74) is 1.98. The van der Waals surface area contributed by atoms with Crippen LogP contribution in [0.1, 0.15) is 26.3 Å². The Bertz CT molecular complexity index is 1590. The van der Waals surface area contributed by atoms with Crippen LogP contribution in [0, 0.1) is 15.5 Å². The first-order chi connectivity index (χ1) is 16.5. The average molecular weight is 489 g/mol. The normalized spacial score (nSPS) is 12.8. The topological polar surface area (TPSA) is 100 Å². The zero-order valence-corrected chi connectivity index (χ0v) is 20.6. The Labute approximate surface area is 205 Å². The number of nitro groups is 1. The first-order valence-corrected chi connectivity index (χ1v) is 11.7. The largest absolute Gasteiger partial charge is 0.302 e. The number of aromatic nitrogens is 3. The number of ketones is 1. The summed E-state index contributed by atoms with van der Waals surface area (Å²) in [5.74, 6) is -0.0654. The molecule has 4 rings (SSSR count). The number of benzene rings is 2. The third-order valence-corrected chi connectivity index (χ3v) is 6.57. The van der Waals surface area contributed by atoms with E-state index in [0.717, 1.165) is 5.69 Å². The number of Topliss-reactive ketones (excluding diaryl/α,β-unsaturated/α-hetero) is 1. The van der Waals surface area contributed by atoms with Gasteiger partial charge in [0, 0.05) is 48.0 Å². The lowest BCUT2D eigenvalue weighted by atomic mass is 9.91. The van der Waals surface area contributed by atoms with E-state index in [9.17, 15) is 19.7 Å². The van der Waals surface area contributed by atoms with E-state index >= 15 is 0 Å². The third-order valence-electron chi connectivity index (χ3n) is 5.46. The van der Waals surface area contributed by atoms with Crippen LogP contribution in [-0.2, 0) is 11.8 Å². The molecule has 0 bridgehead atoms. The predicted molar refractivity (Wildman–Crippen MR) is 137 cm³/mol. The lowest BCUT2D eigenvalue weighted by Crippen LogP contribution is -2.30. The molecule has 0 atom stereocenters. The van der Waals surface area contributed by atoms with Gasteiger partial charge in [-0.15, -0.1) is 11.3 Å². The Hall–Kier alpha value is -4.11. The molecular formula is C26H24N4O4S. The van der Waals surface area contributed by atoms with Crippen LogP contribution in [0.25, 0.3) is 29.1 Å². The number of non-ortho nitro benzene ring substituents is 1. The van der Waals surface area contributed by atoms with Crippen molar-refractivity contribution in [3.63, 3.8) is 0 Å². The predicted octanol–water partition coefficient (Wildman–Crippen LogP) is 3.43. The molecule has 0 N–H and O–H groups in total. The second kappa shape index (κ2) is 9.27. The van der Waals surface area contributed by atoms with Crippen LogP contribution in [-0.4, -0.2) is 25.1 Å². The van der Waals surface area contributed by atoms with E-state index in [0.29, 0.717) is 26.0 Å². The molecule has 2 aromatic heterocycles. The Balaban J connectivity index is 1.90. The van der Waals surface area contributed by atoms with Crippen LogP contribution in [0.15, 0.2) is 65.6 Å². The quantitative estimate of drug-likeness (QED) is 0.317. The Morgan fingerprint density at radius 2 is 1.74 bits per heavy atom. The number of thiazole rings is 1. The van der Waals surface area contributed by atoms with Gasteiger partial charge in [0.2, 0.25) is 0 Å². The van der Waals surface area contributed by atoms with Crippen LogP contribution >= 0.6 is 11.3 Å². The van der Waals surface area contributed by atoms with E-state index in [2.05, 4.69) is 0 Å². The van der Waals surface area contributed by atoms with Crippen LogP contribution in [0.5, 0.6) is 0 Å². The fourth-order valence-corrected chi connectivity index (χ4v) is 4.37. The molecule has 0 radical (unpaired) electrons. The highest BCUT2D eigenvalue weighted by Gasteiger charge is 2.19. The van der Waals surface area contributed by atoms with Gasteiger partial charge in [0.15, 0.2) is 5.78 Å². The molecule has 2 heterocycles. The Morgan fingerprint density at radius 3 is 2.34 bits per heavy atom. The molecule has 0 saturated carbocycles. The molecule has 0 amide bonds. The molecular weight excluding hydrogens is 464 g/mol. The standard InChI is InChI=1S/C26H24N4O4S/c1-26(2,3)22(31)15-23-28(4)25(32)21(35-23)14-18-16-29(19-8-6-5-7-9-19)27-24(18)17-10-12-20(13-11-17)30(33)34/h5-16H,1-4H3/b21-14+,23-15-. The number of para-hydroxylation sites is 1. The van der Waals surface area contributed by atoms with E-state index in [4.69, 9.17) is 5.10 Å². The lowest BCUT2D eigenvalue weighted by Gasteiger charge is -2.12. The molecule has 4 aromatic rings. The SMILES string of the molecule is Cn1c(=O)/c(=C\c2cn(-c3ccccc3)nc2-c2ccc([N+](=O)[O-])cc2)s/c1=C\C(=O)C(C)(C)C. The van der Waals surface area contributed by atoms with E-state index in [1.54, 1.807) is 29.9 Å². The Kier molecular flexibility index (Phi) is 6.36. The smallest absolute Gasteiger partial charge is 0.269 e. The van der Waals surface area contributed by atoms with E-state index in [1.807, 2.05) is 57.3 Å². The minimum absolute atomic E-state index is 0.0161. The number of rotatable bonds is 5. The summed E-state index contributed by atoms with van der Waals surface area (Å²) < 4.78 is 4.19. The monoisotopic (exact) mass is 488 g/mol. The van der Waals surface area contributed by atoms with Gasteiger partial charge in [-0.25, -0.2) is 4.68 Å². The second-order valence-corrected chi connectivity index (χ2v) is 10.2. The summed E-state index contributed by atoms with van der Waals surface area (Å²) in [4.78, 5) is 36.1. The van der Waals surface area contributed by atoms with Gasteiger partial charge in [0.25, 0.3) is 11.2 Å². The summed E-state index contributed by atoms with van der Waals surface area (Å²) in [7, 11) is 1.64. The fourth-order valence-electron chi connectivity index (χ4n) is 3.35. The number of nitro benzene ring substituents is 1. The average Bonchev–Trinajstić information content (AvgIpc) is 3.36. The first kappa shape index (κ1) is 24.0. The number of hydrogen-bond donors (Lipinski definition) is 0. The molecule has 0 aliphatic heterocycles. The van der Waals surface area contributed by atoms with Gasteiger partial charge in [-0.1, -0.05) is 39.0 Å². The highest BCUT2D eigenvalue weighted by molar-refractivity contribution is 7.07. The molecule has 178 valence electrons. The van der Waals surface area contributed by atoms with Crippen molar-refractivity contribution >= 4 is 35.0 Å². The second-order valence-electron chi connectivity index (χ2n) is 9.09. The first-order valence-electron chi connectivity index (χ1n) is 10.9. The highest BCUT2D eigenvalue weighted by Crippen LogP contribution is 2.26. The van der Waals surface area contributed by atoms with Crippen LogP contribution in [0.4, 0.5) is 5.69 Å². The van der Waals surface area contributed by atoms with Gasteiger partial charge in [-0.05, 0) is 30.3 Å². The van der Waals surface area contributed by atoms with Gasteiger partial charge >= 0.3 is 0 Å². The van der Waals surface area contributed by atoms with Gasteiger partial charge in [-0.3, -0.25) is 19.7 Å². The minimum Gasteiger partial charge on any atom is -0.302 e. The molecule has 0 spiro atoms. The molecule has 9 heteroatoms.